The molecule has 2 heterocycles. The van der Waals surface area contributed by atoms with Gasteiger partial charge < -0.3 is 15.0 Å². The van der Waals surface area contributed by atoms with Crippen molar-refractivity contribution in [3.05, 3.63) is 72.6 Å². The number of aromatic nitrogens is 1. The van der Waals surface area contributed by atoms with E-state index in [2.05, 4.69) is 32.3 Å². The number of halogens is 1. The first-order valence-electron chi connectivity index (χ1n) is 11.6. The van der Waals surface area contributed by atoms with Gasteiger partial charge in [-0.1, -0.05) is 45.0 Å². The van der Waals surface area contributed by atoms with E-state index in [9.17, 15) is 9.59 Å². The molecule has 0 radical (unpaired) electrons. The first kappa shape index (κ1) is 22.4. The van der Waals surface area contributed by atoms with Crippen LogP contribution >= 0.6 is 39.0 Å². The van der Waals surface area contributed by atoms with Gasteiger partial charge in [0.1, 0.15) is 5.75 Å². The number of anilines is 1. The molecule has 2 fully saturated rings. The van der Waals surface area contributed by atoms with Gasteiger partial charge in [-0.25, -0.2) is 0 Å². The third-order valence-electron chi connectivity index (χ3n) is 7.47. The Bertz CT molecular complexity index is 1300. The van der Waals surface area contributed by atoms with Crippen molar-refractivity contribution in [2.75, 3.05) is 11.9 Å². The summed E-state index contributed by atoms with van der Waals surface area (Å²) in [5, 5.41) is 4.46. The highest BCUT2D eigenvalue weighted by molar-refractivity contribution is 9.10. The average Bonchev–Trinajstić information content (AvgIpc) is 3.52. The van der Waals surface area contributed by atoms with Crippen LogP contribution in [0.5, 0.6) is 5.75 Å². The molecular weight excluding hydrogens is 532 g/mol. The summed E-state index contributed by atoms with van der Waals surface area (Å²) in [6, 6.07) is 13.7. The average molecular weight is 558 g/mol. The van der Waals surface area contributed by atoms with Crippen molar-refractivity contribution in [2.45, 2.75) is 42.4 Å². The highest BCUT2D eigenvalue weighted by atomic mass is 79.9. The second-order valence-electron chi connectivity index (χ2n) is 9.56. The fraction of sp³-hybridized carbons (Fsp3) is 0.385. The van der Waals surface area contributed by atoms with Gasteiger partial charge >= 0.3 is 4.87 Å². The molecule has 2 saturated carbocycles. The molecule has 3 aliphatic rings. The molecule has 0 saturated heterocycles. The van der Waals surface area contributed by atoms with Gasteiger partial charge in [0.05, 0.1) is 5.03 Å². The van der Waals surface area contributed by atoms with Crippen LogP contribution in [0.4, 0.5) is 5.69 Å². The minimum atomic E-state index is -0.193. The van der Waals surface area contributed by atoms with Crippen molar-refractivity contribution in [3.63, 3.8) is 0 Å². The lowest BCUT2D eigenvalue weighted by Crippen LogP contribution is -2.34. The molecule has 2 aliphatic carbocycles. The maximum Gasteiger partial charge on any atom is 0.305 e. The fourth-order valence-electron chi connectivity index (χ4n) is 6.07. The quantitative estimate of drug-likeness (QED) is 0.393. The van der Waals surface area contributed by atoms with Crippen LogP contribution in [0.1, 0.15) is 41.2 Å². The molecule has 2 bridgehead atoms. The van der Waals surface area contributed by atoms with E-state index in [1.54, 1.807) is 0 Å². The monoisotopic (exact) mass is 556 g/mol. The number of carbonyl (C=O) groups is 1. The molecule has 3 aromatic rings. The van der Waals surface area contributed by atoms with Crippen molar-refractivity contribution in [2.24, 2.45) is 17.8 Å². The number of amides is 1. The zero-order chi connectivity index (χ0) is 23.4. The smallest absolute Gasteiger partial charge is 0.305 e. The van der Waals surface area contributed by atoms with E-state index in [-0.39, 0.29) is 23.3 Å². The normalized spacial score (nSPS) is 26.7. The number of thiazole rings is 1. The molecular formula is C26H25BrN2O3S2. The lowest BCUT2D eigenvalue weighted by Gasteiger charge is -2.40. The van der Waals surface area contributed by atoms with Gasteiger partial charge in [0.25, 0.3) is 5.91 Å². The third-order valence-corrected chi connectivity index (χ3v) is 10.6. The standard InChI is InChI=1S/C26H25BrN2O3S2/c1-13-2-7-17(8-3-13)28-20(30)12-32-19-9-6-16(27)11-18(19)22-21-14-4-5-15(10-14)23(21)33-25-24(22)34-26(31)29-25/h2-3,6-9,11,14-15,21-23H,4-5,10,12H2,1H3,(H,28,30)(H,29,31)/t14?,15?,21?,22-,23?/m1/s1. The number of carbonyl (C=O) groups excluding carboxylic acids is 1. The van der Waals surface area contributed by atoms with Crippen LogP contribution < -0.4 is 14.9 Å². The van der Waals surface area contributed by atoms with Crippen molar-refractivity contribution in [3.8, 4) is 5.75 Å². The summed E-state index contributed by atoms with van der Waals surface area (Å²) in [6.07, 6.45) is 3.83. The molecule has 1 amide bonds. The Morgan fingerprint density at radius 2 is 1.97 bits per heavy atom. The minimum absolute atomic E-state index is 0.00441. The first-order valence-corrected chi connectivity index (χ1v) is 14.1. The third kappa shape index (κ3) is 4.03. The molecule has 4 unspecified atom stereocenters. The van der Waals surface area contributed by atoms with E-state index in [1.807, 2.05) is 55.1 Å². The molecule has 6 rings (SSSR count). The van der Waals surface area contributed by atoms with Gasteiger partial charge in [-0.05, 0) is 74.3 Å². The van der Waals surface area contributed by atoms with Crippen molar-refractivity contribution < 1.29 is 9.53 Å². The Balaban J connectivity index is 1.30. The van der Waals surface area contributed by atoms with Gasteiger partial charge in [0, 0.05) is 31.8 Å². The Morgan fingerprint density at radius 1 is 1.18 bits per heavy atom. The number of aromatic amines is 1. The number of H-pyrrole nitrogens is 1. The van der Waals surface area contributed by atoms with Crippen LogP contribution in [0.25, 0.3) is 0 Å². The summed E-state index contributed by atoms with van der Waals surface area (Å²) < 4.78 is 7.10. The van der Waals surface area contributed by atoms with Crippen LogP contribution in [0.2, 0.25) is 0 Å². The Morgan fingerprint density at radius 3 is 2.79 bits per heavy atom. The van der Waals surface area contributed by atoms with Crippen LogP contribution in [0.15, 0.2) is 56.8 Å². The largest absolute Gasteiger partial charge is 0.483 e. The highest BCUT2D eigenvalue weighted by Crippen LogP contribution is 2.64. The Hall–Kier alpha value is -2.03. The minimum Gasteiger partial charge on any atom is -0.483 e. The lowest BCUT2D eigenvalue weighted by molar-refractivity contribution is -0.118. The van der Waals surface area contributed by atoms with Crippen molar-refractivity contribution >= 4 is 50.6 Å². The number of hydrogen-bond acceptors (Lipinski definition) is 5. The molecule has 1 aliphatic heterocycles. The molecule has 176 valence electrons. The lowest BCUT2D eigenvalue weighted by atomic mass is 9.74. The maximum absolute atomic E-state index is 12.6. The molecule has 5 atom stereocenters. The summed E-state index contributed by atoms with van der Waals surface area (Å²) >= 11 is 6.85. The number of nitrogens with one attached hydrogen (secondary N) is 2. The molecule has 2 N–H and O–H groups in total. The number of ether oxygens (including phenoxy) is 1. The molecule has 34 heavy (non-hydrogen) atoms. The zero-order valence-electron chi connectivity index (χ0n) is 18.7. The van der Waals surface area contributed by atoms with Crippen LogP contribution in [0, 0.1) is 24.7 Å². The van der Waals surface area contributed by atoms with E-state index in [0.29, 0.717) is 22.8 Å². The predicted octanol–water partition coefficient (Wildman–Crippen LogP) is 6.18. The molecule has 8 heteroatoms. The fourth-order valence-corrected chi connectivity index (χ4v) is 9.33. The summed E-state index contributed by atoms with van der Waals surface area (Å²) in [5.74, 6) is 2.51. The van der Waals surface area contributed by atoms with Crippen molar-refractivity contribution in [1.29, 1.82) is 0 Å². The molecule has 1 aromatic heterocycles. The highest BCUT2D eigenvalue weighted by Gasteiger charge is 2.55. The Kier molecular flexibility index (Phi) is 5.86. The number of fused-ring (bicyclic) bond motifs is 6. The second-order valence-corrected chi connectivity index (χ2v) is 12.7. The van der Waals surface area contributed by atoms with Crippen LogP contribution in [0.3, 0.4) is 0 Å². The Labute approximate surface area is 214 Å². The van der Waals surface area contributed by atoms with Crippen molar-refractivity contribution in [1.82, 2.24) is 4.98 Å². The van der Waals surface area contributed by atoms with E-state index in [1.165, 1.54) is 30.6 Å². The number of hydrogen-bond donors (Lipinski definition) is 2. The predicted molar refractivity (Wildman–Crippen MR) is 140 cm³/mol. The van der Waals surface area contributed by atoms with Gasteiger partial charge in [0.15, 0.2) is 6.61 Å². The van der Waals surface area contributed by atoms with E-state index < -0.39 is 0 Å². The van der Waals surface area contributed by atoms with Crippen LogP contribution in [-0.4, -0.2) is 22.7 Å². The van der Waals surface area contributed by atoms with Crippen LogP contribution in [-0.2, 0) is 4.79 Å². The first-order chi connectivity index (χ1) is 16.5. The topological polar surface area (TPSA) is 71.2 Å². The summed E-state index contributed by atoms with van der Waals surface area (Å²) in [5.41, 5.74) is 2.97. The number of aryl methyl sites for hydroxylation is 1. The summed E-state index contributed by atoms with van der Waals surface area (Å²) in [6.45, 7) is 1.95. The second kappa shape index (κ2) is 8.88. The van der Waals surface area contributed by atoms with E-state index in [0.717, 1.165) is 37.1 Å². The SMILES string of the molecule is Cc1ccc(NC(=O)COc2ccc(Br)cc2[C@H]2c3sc(=O)[nH]c3SC3C4CCC(C4)C32)cc1. The maximum atomic E-state index is 12.6. The van der Waals surface area contributed by atoms with E-state index in [4.69, 9.17) is 4.74 Å². The molecule has 5 nitrogen and oxygen atoms in total. The number of rotatable bonds is 5. The van der Waals surface area contributed by atoms with Gasteiger partial charge in [0.2, 0.25) is 0 Å². The number of thioether (sulfide) groups is 1. The summed E-state index contributed by atoms with van der Waals surface area (Å²) in [7, 11) is 0. The number of benzene rings is 2. The van der Waals surface area contributed by atoms with Gasteiger partial charge in [-0.2, -0.15) is 0 Å². The molecule has 0 spiro atoms. The zero-order valence-corrected chi connectivity index (χ0v) is 21.9. The van der Waals surface area contributed by atoms with Gasteiger partial charge in [-0.15, -0.1) is 11.8 Å². The van der Waals surface area contributed by atoms with E-state index >= 15 is 0 Å². The molecule has 2 aromatic carbocycles. The van der Waals surface area contributed by atoms with Gasteiger partial charge in [-0.3, -0.25) is 9.59 Å². The summed E-state index contributed by atoms with van der Waals surface area (Å²) in [4.78, 5) is 29.2.